The van der Waals surface area contributed by atoms with Gasteiger partial charge in [-0.1, -0.05) is 52.9 Å². The molecule has 3 nitrogen and oxygen atoms in total. The van der Waals surface area contributed by atoms with Crippen molar-refractivity contribution in [2.24, 2.45) is 4.99 Å². The maximum Gasteiger partial charge on any atom is 0.112 e. The number of halogens is 1. The number of hydrogen-bond acceptors (Lipinski definition) is 3. The topological polar surface area (TPSA) is 38.1 Å². The van der Waals surface area contributed by atoms with Gasteiger partial charge in [0.05, 0.1) is 0 Å². The van der Waals surface area contributed by atoms with Crippen LogP contribution in [0.2, 0.25) is 0 Å². The molecule has 2 aromatic carbocycles. The largest absolute Gasteiger partial charge is 0.275 e. The van der Waals surface area contributed by atoms with Crippen LogP contribution in [0.4, 0.5) is 0 Å². The summed E-state index contributed by atoms with van der Waals surface area (Å²) in [5, 5.41) is 0. The lowest BCUT2D eigenvalue weighted by Crippen LogP contribution is -2.14. The molecule has 0 saturated heterocycles. The highest BCUT2D eigenvalue weighted by Crippen LogP contribution is 2.35. The van der Waals surface area contributed by atoms with Gasteiger partial charge in [0.1, 0.15) is 3.55 Å². The smallest absolute Gasteiger partial charge is 0.112 e. The molecule has 0 fully saturated rings. The highest BCUT2D eigenvalue weighted by molar-refractivity contribution is 14.1. The first-order chi connectivity index (χ1) is 16.0. The van der Waals surface area contributed by atoms with Crippen molar-refractivity contribution in [2.75, 3.05) is 0 Å². The third-order valence-electron chi connectivity index (χ3n) is 5.83. The van der Waals surface area contributed by atoms with Crippen molar-refractivity contribution < 1.29 is 0 Å². The summed E-state index contributed by atoms with van der Waals surface area (Å²) in [5.41, 5.74) is 10.4. The normalized spacial score (nSPS) is 17.6. The lowest BCUT2D eigenvalue weighted by Gasteiger charge is -2.21. The van der Waals surface area contributed by atoms with E-state index in [1.165, 1.54) is 16.7 Å². The average Bonchev–Trinajstić information content (AvgIpc) is 2.84. The Morgan fingerprint density at radius 1 is 0.727 bits per heavy atom. The zero-order chi connectivity index (χ0) is 22.8. The fourth-order valence-electron chi connectivity index (χ4n) is 4.05. The van der Waals surface area contributed by atoms with Gasteiger partial charge in [0, 0.05) is 48.5 Å². The number of aliphatic imine (C=N–C) groups is 1. The number of rotatable bonds is 4. The molecule has 3 heterocycles. The monoisotopic (exact) mass is 541 g/mol. The second-order valence-corrected chi connectivity index (χ2v) is 11.0. The molecule has 1 aliphatic heterocycles. The molecule has 4 heteroatoms. The fraction of sp³-hybridized carbons (Fsp3) is 0.138. The van der Waals surface area contributed by atoms with E-state index in [1.54, 1.807) is 6.20 Å². The minimum atomic E-state index is -0.0692. The van der Waals surface area contributed by atoms with Crippen molar-refractivity contribution in [2.45, 2.75) is 23.8 Å². The van der Waals surface area contributed by atoms with Gasteiger partial charge in [-0.2, -0.15) is 0 Å². The van der Waals surface area contributed by atoms with E-state index < -0.39 is 0 Å². The van der Waals surface area contributed by atoms with E-state index in [9.17, 15) is 0 Å². The zero-order valence-corrected chi connectivity index (χ0v) is 20.8. The summed E-state index contributed by atoms with van der Waals surface area (Å²) in [7, 11) is 0. The van der Waals surface area contributed by atoms with Gasteiger partial charge < -0.3 is 0 Å². The molecule has 0 spiro atoms. The van der Waals surface area contributed by atoms with E-state index in [2.05, 4.69) is 107 Å². The molecule has 0 saturated carbocycles. The summed E-state index contributed by atoms with van der Waals surface area (Å²) in [5.74, 6) is 0. The van der Waals surface area contributed by atoms with Crippen LogP contribution in [0.1, 0.15) is 24.5 Å². The first kappa shape index (κ1) is 21.7. The number of aromatic nitrogens is 2. The maximum absolute atomic E-state index is 4.77. The quantitative estimate of drug-likeness (QED) is 0.150. The summed E-state index contributed by atoms with van der Waals surface area (Å²) in [6.07, 6.45) is 12.8. The summed E-state index contributed by atoms with van der Waals surface area (Å²) in [4.78, 5) is 13.5. The molecule has 2 aromatic heterocycles. The van der Waals surface area contributed by atoms with Crippen LogP contribution in [-0.4, -0.2) is 19.7 Å². The Morgan fingerprint density at radius 2 is 1.39 bits per heavy atom. The van der Waals surface area contributed by atoms with Crippen molar-refractivity contribution in [3.8, 4) is 33.4 Å². The van der Waals surface area contributed by atoms with Crippen LogP contribution in [0.15, 0.2) is 96.5 Å². The predicted molar refractivity (Wildman–Crippen MR) is 147 cm³/mol. The number of allylic oxidation sites excluding steroid dienone is 1. The van der Waals surface area contributed by atoms with E-state index in [4.69, 9.17) is 4.99 Å². The minimum Gasteiger partial charge on any atom is -0.275 e. The Morgan fingerprint density at radius 3 is 2.09 bits per heavy atom. The average molecular weight is 541 g/mol. The summed E-state index contributed by atoms with van der Waals surface area (Å²) < 4.78 is -0.0692. The first-order valence-electron chi connectivity index (χ1n) is 11.0. The number of alkyl halides is 1. The molecule has 1 aliphatic rings. The number of dihydropyridines is 1. The second kappa shape index (κ2) is 9.02. The lowest BCUT2D eigenvalue weighted by molar-refractivity contribution is 0.728. The molecule has 0 N–H and O–H groups in total. The molecular formula is C29H24IN3. The van der Waals surface area contributed by atoms with Gasteiger partial charge in [-0.05, 0) is 89.2 Å². The van der Waals surface area contributed by atoms with Crippen LogP contribution in [0.25, 0.3) is 39.0 Å². The SMILES string of the molecule is Cc1cncc(-c2cc(C3=CC[C@](C)(I)N=C3)cc(-c3cccc(-c4cccnc4)c3)c2)c1. The summed E-state index contributed by atoms with van der Waals surface area (Å²) in [6.45, 7) is 4.23. The van der Waals surface area contributed by atoms with Gasteiger partial charge in [0.2, 0.25) is 0 Å². The van der Waals surface area contributed by atoms with Crippen LogP contribution in [-0.2, 0) is 0 Å². The Hall–Kier alpha value is -3.12. The lowest BCUT2D eigenvalue weighted by atomic mass is 9.91. The van der Waals surface area contributed by atoms with Crippen molar-refractivity contribution in [3.63, 3.8) is 0 Å². The van der Waals surface area contributed by atoms with E-state index in [-0.39, 0.29) is 3.55 Å². The first-order valence-corrected chi connectivity index (χ1v) is 12.1. The summed E-state index contributed by atoms with van der Waals surface area (Å²) in [6, 6.07) is 21.7. The van der Waals surface area contributed by atoms with Crippen molar-refractivity contribution in [1.82, 2.24) is 9.97 Å². The van der Waals surface area contributed by atoms with Gasteiger partial charge in [-0.3, -0.25) is 15.0 Å². The van der Waals surface area contributed by atoms with Crippen LogP contribution < -0.4 is 0 Å². The van der Waals surface area contributed by atoms with Crippen molar-refractivity contribution in [3.05, 3.63) is 103 Å². The van der Waals surface area contributed by atoms with Gasteiger partial charge in [-0.25, -0.2) is 0 Å². The molecule has 0 amide bonds. The number of hydrogen-bond donors (Lipinski definition) is 0. The molecule has 5 rings (SSSR count). The van der Waals surface area contributed by atoms with E-state index in [0.29, 0.717) is 0 Å². The standard InChI is InChI=1S/C29H24IN3/c1-20-11-28(18-32-16-20)27-14-25(13-26(15-27)24-8-9-29(2,30)33-19-24)22-6-3-5-21(12-22)23-7-4-10-31-17-23/h3-8,10-19H,9H2,1-2H3/t29-/m1/s1. The van der Waals surface area contributed by atoms with Crippen LogP contribution >= 0.6 is 22.6 Å². The molecule has 0 bridgehead atoms. The van der Waals surface area contributed by atoms with Crippen molar-refractivity contribution >= 4 is 34.4 Å². The molecule has 1 atom stereocenters. The Labute approximate surface area is 208 Å². The molecule has 33 heavy (non-hydrogen) atoms. The number of nitrogens with zero attached hydrogens (tertiary/aromatic N) is 3. The molecular weight excluding hydrogens is 517 g/mol. The van der Waals surface area contributed by atoms with Crippen LogP contribution in [0.3, 0.4) is 0 Å². The molecule has 4 aromatic rings. The molecule has 0 unspecified atom stereocenters. The minimum absolute atomic E-state index is 0.0692. The number of pyridine rings is 2. The van der Waals surface area contributed by atoms with E-state index in [0.717, 1.165) is 39.8 Å². The second-order valence-electron chi connectivity index (χ2n) is 8.64. The fourth-order valence-corrected chi connectivity index (χ4v) is 4.41. The number of aryl methyl sites for hydroxylation is 1. The Balaban J connectivity index is 1.64. The molecule has 162 valence electrons. The van der Waals surface area contributed by atoms with Gasteiger partial charge >= 0.3 is 0 Å². The third kappa shape index (κ3) is 4.96. The highest BCUT2D eigenvalue weighted by atomic mass is 127. The van der Waals surface area contributed by atoms with Gasteiger partial charge in [-0.15, -0.1) is 0 Å². The van der Waals surface area contributed by atoms with E-state index >= 15 is 0 Å². The van der Waals surface area contributed by atoms with Crippen LogP contribution in [0, 0.1) is 6.92 Å². The predicted octanol–water partition coefficient (Wildman–Crippen LogP) is 7.80. The Kier molecular flexibility index (Phi) is 5.94. The van der Waals surface area contributed by atoms with Gasteiger partial charge in [0.25, 0.3) is 0 Å². The zero-order valence-electron chi connectivity index (χ0n) is 18.7. The van der Waals surface area contributed by atoms with Gasteiger partial charge in [0.15, 0.2) is 0 Å². The van der Waals surface area contributed by atoms with E-state index in [1.807, 2.05) is 30.9 Å². The third-order valence-corrected chi connectivity index (χ3v) is 6.55. The van der Waals surface area contributed by atoms with Crippen LogP contribution in [0.5, 0.6) is 0 Å². The maximum atomic E-state index is 4.77. The van der Waals surface area contributed by atoms with Crippen molar-refractivity contribution in [1.29, 1.82) is 0 Å². The number of benzene rings is 2. The molecule has 0 radical (unpaired) electrons. The molecule has 0 aliphatic carbocycles. The highest BCUT2D eigenvalue weighted by Gasteiger charge is 2.20. The summed E-state index contributed by atoms with van der Waals surface area (Å²) >= 11 is 2.41. The Bertz CT molecular complexity index is 1370.